The van der Waals surface area contributed by atoms with Crippen LogP contribution in [0.5, 0.6) is 5.88 Å². The Morgan fingerprint density at radius 3 is 2.46 bits per heavy atom. The summed E-state index contributed by atoms with van der Waals surface area (Å²) in [6, 6.07) is 9.56. The van der Waals surface area contributed by atoms with Crippen LogP contribution in [0, 0.1) is 5.82 Å². The van der Waals surface area contributed by atoms with E-state index in [-0.39, 0.29) is 17.3 Å². The van der Waals surface area contributed by atoms with E-state index in [1.807, 2.05) is 20.8 Å². The fourth-order valence-corrected chi connectivity index (χ4v) is 2.17. The van der Waals surface area contributed by atoms with Gasteiger partial charge in [-0.1, -0.05) is 12.1 Å². The highest BCUT2D eigenvalue weighted by Gasteiger charge is 2.10. The zero-order valence-electron chi connectivity index (χ0n) is 15.4. The molecular formula is C20H25FN2O3. The van der Waals surface area contributed by atoms with E-state index < -0.39 is 0 Å². The molecule has 1 amide bonds. The van der Waals surface area contributed by atoms with E-state index in [0.717, 1.165) is 5.56 Å². The van der Waals surface area contributed by atoms with Gasteiger partial charge in [-0.05, 0) is 51.0 Å². The van der Waals surface area contributed by atoms with E-state index in [1.165, 1.54) is 18.3 Å². The van der Waals surface area contributed by atoms with Gasteiger partial charge >= 0.3 is 0 Å². The molecule has 1 N–H and O–H groups in total. The number of hydrogen-bond donors (Lipinski definition) is 1. The Balaban J connectivity index is 1.72. The van der Waals surface area contributed by atoms with Crippen LogP contribution in [-0.2, 0) is 11.2 Å². The van der Waals surface area contributed by atoms with Crippen LogP contribution in [0.3, 0.4) is 0 Å². The molecule has 5 nitrogen and oxygen atoms in total. The van der Waals surface area contributed by atoms with E-state index in [0.29, 0.717) is 37.6 Å². The lowest BCUT2D eigenvalue weighted by atomic mass is 10.1. The van der Waals surface area contributed by atoms with Gasteiger partial charge in [-0.3, -0.25) is 4.79 Å². The number of benzene rings is 1. The number of halogens is 1. The van der Waals surface area contributed by atoms with Gasteiger partial charge in [0.25, 0.3) is 5.91 Å². The summed E-state index contributed by atoms with van der Waals surface area (Å²) in [5, 5.41) is 2.82. The van der Waals surface area contributed by atoms with Gasteiger partial charge in [0.2, 0.25) is 5.88 Å². The number of amides is 1. The topological polar surface area (TPSA) is 60.5 Å². The Hall–Kier alpha value is -2.47. The van der Waals surface area contributed by atoms with E-state index >= 15 is 0 Å². The van der Waals surface area contributed by atoms with Crippen molar-refractivity contribution < 1.29 is 18.7 Å². The van der Waals surface area contributed by atoms with Gasteiger partial charge in [-0.2, -0.15) is 0 Å². The molecule has 0 bridgehead atoms. The maximum atomic E-state index is 12.8. The number of rotatable bonds is 8. The minimum absolute atomic E-state index is 0.202. The molecule has 6 heteroatoms. The van der Waals surface area contributed by atoms with Crippen LogP contribution in [0.1, 0.15) is 36.7 Å². The quantitative estimate of drug-likeness (QED) is 0.733. The first kappa shape index (κ1) is 19.8. The molecule has 140 valence electrons. The lowest BCUT2D eigenvalue weighted by Crippen LogP contribution is -2.25. The summed E-state index contributed by atoms with van der Waals surface area (Å²) in [5.74, 6) is -0.0243. The SMILES string of the molecule is CC(C)(C)OCCOc1ccc(C(=O)NCCc2ccc(F)cc2)cn1. The fraction of sp³-hybridized carbons (Fsp3) is 0.400. The molecule has 0 spiro atoms. The highest BCUT2D eigenvalue weighted by molar-refractivity contribution is 5.93. The first-order valence-corrected chi connectivity index (χ1v) is 8.59. The van der Waals surface area contributed by atoms with Crippen LogP contribution in [0.4, 0.5) is 4.39 Å². The molecule has 0 atom stereocenters. The summed E-state index contributed by atoms with van der Waals surface area (Å²) in [5.41, 5.74) is 1.22. The molecule has 1 aromatic heterocycles. The first-order chi connectivity index (χ1) is 12.3. The van der Waals surface area contributed by atoms with Gasteiger partial charge in [0.05, 0.1) is 17.8 Å². The van der Waals surface area contributed by atoms with Crippen molar-refractivity contribution in [3.63, 3.8) is 0 Å². The van der Waals surface area contributed by atoms with Crippen LogP contribution < -0.4 is 10.1 Å². The number of hydrogen-bond acceptors (Lipinski definition) is 4. The molecule has 0 aliphatic heterocycles. The Labute approximate surface area is 153 Å². The van der Waals surface area contributed by atoms with E-state index in [1.54, 1.807) is 24.3 Å². The largest absolute Gasteiger partial charge is 0.475 e. The molecule has 0 aliphatic carbocycles. The predicted molar refractivity (Wildman–Crippen MR) is 97.9 cm³/mol. The molecule has 2 rings (SSSR count). The first-order valence-electron chi connectivity index (χ1n) is 8.59. The molecule has 0 aliphatic rings. The molecule has 0 saturated carbocycles. The summed E-state index contributed by atoms with van der Waals surface area (Å²) in [6.07, 6.45) is 2.11. The Bertz CT molecular complexity index is 694. The number of nitrogens with one attached hydrogen (secondary N) is 1. The number of pyridine rings is 1. The lowest BCUT2D eigenvalue weighted by molar-refractivity contribution is -0.0168. The van der Waals surface area contributed by atoms with E-state index in [9.17, 15) is 9.18 Å². The molecule has 0 saturated heterocycles. The van der Waals surface area contributed by atoms with Crippen LogP contribution >= 0.6 is 0 Å². The van der Waals surface area contributed by atoms with Gasteiger partial charge in [0.15, 0.2) is 0 Å². The highest BCUT2D eigenvalue weighted by atomic mass is 19.1. The molecule has 1 aromatic carbocycles. The summed E-state index contributed by atoms with van der Waals surface area (Å²) in [6.45, 7) is 7.27. The van der Waals surface area contributed by atoms with Crippen molar-refractivity contribution in [2.75, 3.05) is 19.8 Å². The zero-order valence-corrected chi connectivity index (χ0v) is 15.4. The van der Waals surface area contributed by atoms with Gasteiger partial charge in [-0.25, -0.2) is 9.37 Å². The molecule has 0 radical (unpaired) electrons. The Morgan fingerprint density at radius 2 is 1.85 bits per heavy atom. The summed E-state index contributed by atoms with van der Waals surface area (Å²) in [7, 11) is 0. The van der Waals surface area contributed by atoms with Crippen LogP contribution in [-0.4, -0.2) is 36.3 Å². The van der Waals surface area contributed by atoms with Crippen molar-refractivity contribution in [3.8, 4) is 5.88 Å². The van der Waals surface area contributed by atoms with Gasteiger partial charge in [0.1, 0.15) is 12.4 Å². The summed E-state index contributed by atoms with van der Waals surface area (Å²) >= 11 is 0. The van der Waals surface area contributed by atoms with Crippen molar-refractivity contribution >= 4 is 5.91 Å². The van der Waals surface area contributed by atoms with Gasteiger partial charge < -0.3 is 14.8 Å². The third-order valence-electron chi connectivity index (χ3n) is 3.48. The second-order valence-corrected chi connectivity index (χ2v) is 6.83. The fourth-order valence-electron chi connectivity index (χ4n) is 2.17. The number of carbonyl (C=O) groups excluding carboxylic acids is 1. The minimum Gasteiger partial charge on any atom is -0.475 e. The molecule has 0 unspecified atom stereocenters. The van der Waals surface area contributed by atoms with Crippen LogP contribution in [0.25, 0.3) is 0 Å². The minimum atomic E-state index is -0.267. The lowest BCUT2D eigenvalue weighted by Gasteiger charge is -2.19. The van der Waals surface area contributed by atoms with Crippen LogP contribution in [0.15, 0.2) is 42.6 Å². The molecule has 2 aromatic rings. The smallest absolute Gasteiger partial charge is 0.252 e. The van der Waals surface area contributed by atoms with Crippen molar-refractivity contribution in [1.82, 2.24) is 10.3 Å². The summed E-state index contributed by atoms with van der Waals surface area (Å²) < 4.78 is 23.9. The zero-order chi connectivity index (χ0) is 19.0. The Kier molecular flexibility index (Phi) is 7.09. The van der Waals surface area contributed by atoms with Crippen molar-refractivity contribution in [3.05, 3.63) is 59.5 Å². The number of nitrogens with zero attached hydrogens (tertiary/aromatic N) is 1. The number of aromatic nitrogens is 1. The molecule has 26 heavy (non-hydrogen) atoms. The number of ether oxygens (including phenoxy) is 2. The monoisotopic (exact) mass is 360 g/mol. The normalized spacial score (nSPS) is 11.2. The van der Waals surface area contributed by atoms with Gasteiger partial charge in [-0.15, -0.1) is 0 Å². The molecule has 0 fully saturated rings. The number of carbonyl (C=O) groups is 1. The second-order valence-electron chi connectivity index (χ2n) is 6.83. The Morgan fingerprint density at radius 1 is 1.12 bits per heavy atom. The van der Waals surface area contributed by atoms with Crippen molar-refractivity contribution in [1.29, 1.82) is 0 Å². The van der Waals surface area contributed by atoms with Crippen molar-refractivity contribution in [2.24, 2.45) is 0 Å². The van der Waals surface area contributed by atoms with Crippen LogP contribution in [0.2, 0.25) is 0 Å². The maximum Gasteiger partial charge on any atom is 0.252 e. The third-order valence-corrected chi connectivity index (χ3v) is 3.48. The highest BCUT2D eigenvalue weighted by Crippen LogP contribution is 2.09. The second kappa shape index (κ2) is 9.29. The third kappa shape index (κ3) is 7.19. The van der Waals surface area contributed by atoms with Gasteiger partial charge in [0, 0.05) is 18.8 Å². The molecule has 1 heterocycles. The molecular weight excluding hydrogens is 335 g/mol. The van der Waals surface area contributed by atoms with E-state index in [2.05, 4.69) is 10.3 Å². The standard InChI is InChI=1S/C20H25FN2O3/c1-20(2,3)26-13-12-25-18-9-6-16(14-23-18)19(24)22-11-10-15-4-7-17(21)8-5-15/h4-9,14H,10-13H2,1-3H3,(H,22,24). The average molecular weight is 360 g/mol. The maximum absolute atomic E-state index is 12.8. The predicted octanol–water partition coefficient (Wildman–Crippen LogP) is 3.39. The van der Waals surface area contributed by atoms with Crippen molar-refractivity contribution in [2.45, 2.75) is 32.8 Å². The summed E-state index contributed by atoms with van der Waals surface area (Å²) in [4.78, 5) is 16.2. The average Bonchev–Trinajstić information content (AvgIpc) is 2.60. The van der Waals surface area contributed by atoms with E-state index in [4.69, 9.17) is 9.47 Å².